The Labute approximate surface area is 126 Å². The van der Waals surface area contributed by atoms with Crippen molar-refractivity contribution >= 4 is 33.4 Å². The average molecular weight is 304 g/mol. The first-order valence-corrected chi connectivity index (χ1v) is 7.46. The van der Waals surface area contributed by atoms with Crippen LogP contribution < -0.4 is 5.32 Å². The Morgan fingerprint density at radius 1 is 1.33 bits per heavy atom. The molecule has 0 bridgehead atoms. The fourth-order valence-corrected chi connectivity index (χ4v) is 3.60. The van der Waals surface area contributed by atoms with Gasteiger partial charge in [0.25, 0.3) is 5.91 Å². The molecule has 0 radical (unpaired) electrons. The van der Waals surface area contributed by atoms with Crippen molar-refractivity contribution in [2.75, 3.05) is 13.7 Å². The third kappa shape index (κ3) is 2.41. The zero-order valence-electron chi connectivity index (χ0n) is 11.9. The van der Waals surface area contributed by atoms with Gasteiger partial charge in [0.2, 0.25) is 0 Å². The number of fused-ring (bicyclic) bond motifs is 1. The maximum atomic E-state index is 12.4. The van der Waals surface area contributed by atoms with Crippen molar-refractivity contribution in [2.45, 2.75) is 19.0 Å². The molecule has 3 rings (SSSR count). The zero-order valence-corrected chi connectivity index (χ0v) is 12.7. The van der Waals surface area contributed by atoms with E-state index >= 15 is 0 Å². The number of amides is 3. The zero-order chi connectivity index (χ0) is 15.0. The molecule has 1 N–H and O–H groups in total. The lowest BCUT2D eigenvalue weighted by atomic mass is 10.0. The maximum absolute atomic E-state index is 12.4. The van der Waals surface area contributed by atoms with Gasteiger partial charge in [0, 0.05) is 16.7 Å². The van der Waals surface area contributed by atoms with Crippen molar-refractivity contribution in [3.05, 3.63) is 35.2 Å². The minimum absolute atomic E-state index is 0.167. The molecule has 0 saturated carbocycles. The number of carbonyl (C=O) groups excluding carboxylic acids is 2. The van der Waals surface area contributed by atoms with E-state index in [4.69, 9.17) is 4.74 Å². The molecule has 1 aromatic heterocycles. The van der Waals surface area contributed by atoms with Crippen molar-refractivity contribution in [3.63, 3.8) is 0 Å². The van der Waals surface area contributed by atoms with Crippen LogP contribution in [0.3, 0.4) is 0 Å². The second kappa shape index (κ2) is 5.13. The number of thiophene rings is 1. The Morgan fingerprint density at radius 2 is 2.10 bits per heavy atom. The molecular weight excluding hydrogens is 288 g/mol. The van der Waals surface area contributed by atoms with Crippen LogP contribution >= 0.6 is 11.3 Å². The van der Waals surface area contributed by atoms with Crippen LogP contribution in [0.25, 0.3) is 10.1 Å². The van der Waals surface area contributed by atoms with Gasteiger partial charge in [-0.15, -0.1) is 11.3 Å². The van der Waals surface area contributed by atoms with Gasteiger partial charge >= 0.3 is 6.03 Å². The number of carbonyl (C=O) groups is 2. The summed E-state index contributed by atoms with van der Waals surface area (Å²) >= 11 is 1.60. The maximum Gasteiger partial charge on any atom is 0.325 e. The second-order valence-corrected chi connectivity index (χ2v) is 6.51. The molecule has 0 unspecified atom stereocenters. The van der Waals surface area contributed by atoms with Crippen molar-refractivity contribution in [1.82, 2.24) is 10.2 Å². The van der Waals surface area contributed by atoms with E-state index in [2.05, 4.69) is 5.32 Å². The van der Waals surface area contributed by atoms with Crippen LogP contribution in [-0.2, 0) is 16.1 Å². The number of urea groups is 1. The molecule has 1 atom stereocenters. The first kappa shape index (κ1) is 14.0. The molecule has 1 saturated heterocycles. The summed E-state index contributed by atoms with van der Waals surface area (Å²) in [6.45, 7) is 2.14. The van der Waals surface area contributed by atoms with Crippen LogP contribution in [0, 0.1) is 0 Å². The van der Waals surface area contributed by atoms with E-state index in [1.54, 1.807) is 18.3 Å². The van der Waals surface area contributed by atoms with Gasteiger partial charge in [-0.3, -0.25) is 9.69 Å². The van der Waals surface area contributed by atoms with E-state index in [-0.39, 0.29) is 18.5 Å². The van der Waals surface area contributed by atoms with Crippen LogP contribution in [-0.4, -0.2) is 36.1 Å². The Kier molecular flexibility index (Phi) is 3.43. The SMILES string of the molecule is COC[C@@]1(C)NC(=O)N(Cc2cc3ccccc3s2)C1=O. The van der Waals surface area contributed by atoms with E-state index in [1.807, 2.05) is 30.3 Å². The number of benzene rings is 1. The summed E-state index contributed by atoms with van der Waals surface area (Å²) in [5.41, 5.74) is -0.970. The number of rotatable bonds is 4. The Balaban J connectivity index is 1.84. The molecule has 2 heterocycles. The van der Waals surface area contributed by atoms with Crippen molar-refractivity contribution in [3.8, 4) is 0 Å². The third-order valence-corrected chi connectivity index (χ3v) is 4.67. The second-order valence-electron chi connectivity index (χ2n) is 5.34. The number of nitrogens with one attached hydrogen (secondary N) is 1. The fourth-order valence-electron chi connectivity index (χ4n) is 2.55. The Bertz CT molecular complexity index is 679. The summed E-state index contributed by atoms with van der Waals surface area (Å²) < 4.78 is 6.19. The Hall–Kier alpha value is -1.92. The summed E-state index contributed by atoms with van der Waals surface area (Å²) in [6, 6.07) is 9.67. The molecule has 6 heteroatoms. The van der Waals surface area contributed by atoms with Crippen LogP contribution in [0.4, 0.5) is 4.79 Å². The van der Waals surface area contributed by atoms with Crippen molar-refractivity contribution < 1.29 is 14.3 Å². The van der Waals surface area contributed by atoms with E-state index in [9.17, 15) is 9.59 Å². The third-order valence-electron chi connectivity index (χ3n) is 3.57. The molecule has 0 spiro atoms. The first-order chi connectivity index (χ1) is 10.0. The summed E-state index contributed by atoms with van der Waals surface area (Å²) in [5, 5.41) is 3.83. The van der Waals surface area contributed by atoms with Crippen LogP contribution in [0.1, 0.15) is 11.8 Å². The first-order valence-electron chi connectivity index (χ1n) is 6.64. The molecule has 1 aliphatic rings. The van der Waals surface area contributed by atoms with Gasteiger partial charge in [-0.05, 0) is 24.4 Å². The van der Waals surface area contributed by atoms with Gasteiger partial charge in [-0.1, -0.05) is 18.2 Å². The van der Waals surface area contributed by atoms with Crippen LogP contribution in [0.15, 0.2) is 30.3 Å². The molecule has 1 aliphatic heterocycles. The highest BCUT2D eigenvalue weighted by atomic mass is 32.1. The lowest BCUT2D eigenvalue weighted by molar-refractivity contribution is -0.132. The molecule has 1 fully saturated rings. The van der Waals surface area contributed by atoms with Gasteiger partial charge in [0.15, 0.2) is 0 Å². The summed E-state index contributed by atoms with van der Waals surface area (Å²) in [5.74, 6) is -0.244. The van der Waals surface area contributed by atoms with E-state index in [0.717, 1.165) is 15.0 Å². The Morgan fingerprint density at radius 3 is 2.81 bits per heavy atom. The van der Waals surface area contributed by atoms with Gasteiger partial charge in [0.05, 0.1) is 13.2 Å². The molecule has 5 nitrogen and oxygen atoms in total. The molecule has 3 amide bonds. The lowest BCUT2D eigenvalue weighted by Gasteiger charge is -2.20. The molecule has 21 heavy (non-hydrogen) atoms. The highest BCUT2D eigenvalue weighted by Gasteiger charge is 2.47. The smallest absolute Gasteiger partial charge is 0.325 e. The number of methoxy groups -OCH3 is 1. The summed E-state index contributed by atoms with van der Waals surface area (Å²) in [4.78, 5) is 26.7. The van der Waals surface area contributed by atoms with Gasteiger partial charge in [-0.25, -0.2) is 4.79 Å². The summed E-state index contributed by atoms with van der Waals surface area (Å²) in [7, 11) is 1.51. The van der Waals surface area contributed by atoms with E-state index in [0.29, 0.717) is 6.54 Å². The predicted octanol–water partition coefficient (Wildman–Crippen LogP) is 2.36. The molecule has 110 valence electrons. The highest BCUT2D eigenvalue weighted by Crippen LogP contribution is 2.28. The number of nitrogens with zero attached hydrogens (tertiary/aromatic N) is 1. The predicted molar refractivity (Wildman–Crippen MR) is 81.2 cm³/mol. The number of hydrogen-bond acceptors (Lipinski definition) is 4. The summed E-state index contributed by atoms with van der Waals surface area (Å²) in [6.07, 6.45) is 0. The van der Waals surface area contributed by atoms with Crippen molar-refractivity contribution in [2.24, 2.45) is 0 Å². The van der Waals surface area contributed by atoms with Crippen LogP contribution in [0.5, 0.6) is 0 Å². The number of ether oxygens (including phenoxy) is 1. The standard InChI is InChI=1S/C15H16N2O3S/c1-15(9-20-2)13(18)17(14(19)16-15)8-11-7-10-5-3-4-6-12(10)21-11/h3-7H,8-9H2,1-2H3,(H,16,19)/t15-/m1/s1. The van der Waals surface area contributed by atoms with E-state index in [1.165, 1.54) is 12.0 Å². The van der Waals surface area contributed by atoms with E-state index < -0.39 is 5.54 Å². The van der Waals surface area contributed by atoms with Gasteiger partial charge in [0.1, 0.15) is 5.54 Å². The highest BCUT2D eigenvalue weighted by molar-refractivity contribution is 7.19. The largest absolute Gasteiger partial charge is 0.382 e. The molecule has 1 aromatic carbocycles. The quantitative estimate of drug-likeness (QED) is 0.882. The normalized spacial score (nSPS) is 22.1. The lowest BCUT2D eigenvalue weighted by Crippen LogP contribution is -2.47. The van der Waals surface area contributed by atoms with Crippen molar-refractivity contribution in [1.29, 1.82) is 0 Å². The minimum atomic E-state index is -0.970. The fraction of sp³-hybridized carbons (Fsp3) is 0.333. The topological polar surface area (TPSA) is 58.6 Å². The molecular formula is C15H16N2O3S. The van der Waals surface area contributed by atoms with Gasteiger partial charge in [-0.2, -0.15) is 0 Å². The van der Waals surface area contributed by atoms with Crippen LogP contribution in [0.2, 0.25) is 0 Å². The molecule has 0 aliphatic carbocycles. The number of imide groups is 1. The number of hydrogen-bond donors (Lipinski definition) is 1. The minimum Gasteiger partial charge on any atom is -0.382 e. The monoisotopic (exact) mass is 304 g/mol. The van der Waals surface area contributed by atoms with Gasteiger partial charge < -0.3 is 10.1 Å². The molecule has 2 aromatic rings. The average Bonchev–Trinajstić information content (AvgIpc) is 2.94.